The summed E-state index contributed by atoms with van der Waals surface area (Å²) in [5.74, 6) is -1.86. The second-order valence-corrected chi connectivity index (χ2v) is 6.00. The van der Waals surface area contributed by atoms with Crippen LogP contribution in [0.25, 0.3) is 0 Å². The summed E-state index contributed by atoms with van der Waals surface area (Å²) >= 11 is 14.7. The molecule has 0 nitrogen and oxygen atoms in total. The number of benzene rings is 2. The van der Waals surface area contributed by atoms with Gasteiger partial charge >= 0.3 is 0 Å². The van der Waals surface area contributed by atoms with Gasteiger partial charge in [0.1, 0.15) is 17.5 Å². The summed E-state index contributed by atoms with van der Waals surface area (Å²) in [6, 6.07) is 4.52. The van der Waals surface area contributed by atoms with Crippen LogP contribution in [0.1, 0.15) is 21.5 Å². The molecule has 0 fully saturated rings. The van der Waals surface area contributed by atoms with Crippen molar-refractivity contribution in [1.82, 2.24) is 0 Å². The summed E-state index contributed by atoms with van der Waals surface area (Å²) < 4.78 is 40.7. The monoisotopic (exact) mass is 382 g/mol. The first kappa shape index (κ1) is 15.7. The Morgan fingerprint density at radius 3 is 2.10 bits per heavy atom. The zero-order valence-electron chi connectivity index (χ0n) is 10.2. The number of aryl methyl sites for hydroxylation is 1. The fraction of sp³-hybridized carbons (Fsp3) is 0.143. The Labute approximate surface area is 132 Å². The van der Waals surface area contributed by atoms with Gasteiger partial charge in [0.15, 0.2) is 0 Å². The van der Waals surface area contributed by atoms with Gasteiger partial charge in [-0.15, -0.1) is 0 Å². The molecule has 0 aromatic heterocycles. The van der Waals surface area contributed by atoms with Crippen LogP contribution < -0.4 is 0 Å². The van der Waals surface area contributed by atoms with Crippen LogP contribution >= 0.6 is 39.1 Å². The molecular weight excluding hydrogens is 376 g/mol. The molecule has 2 aromatic carbocycles. The predicted molar refractivity (Wildman–Crippen MR) is 78.3 cm³/mol. The van der Waals surface area contributed by atoms with Crippen LogP contribution in [0.4, 0.5) is 13.2 Å². The molecule has 0 saturated heterocycles. The van der Waals surface area contributed by atoms with Gasteiger partial charge in [0.25, 0.3) is 0 Å². The fourth-order valence-corrected chi connectivity index (χ4v) is 3.04. The van der Waals surface area contributed by atoms with Crippen LogP contribution in [0.2, 0.25) is 10.0 Å². The van der Waals surface area contributed by atoms with E-state index in [1.165, 1.54) is 6.07 Å². The van der Waals surface area contributed by atoms with E-state index < -0.39 is 22.3 Å². The van der Waals surface area contributed by atoms with Crippen molar-refractivity contribution in [2.24, 2.45) is 0 Å². The molecule has 0 heterocycles. The number of halogens is 6. The molecule has 1 atom stereocenters. The number of hydrogen-bond donors (Lipinski definition) is 0. The highest BCUT2D eigenvalue weighted by Crippen LogP contribution is 2.38. The third kappa shape index (κ3) is 2.97. The number of rotatable bonds is 2. The van der Waals surface area contributed by atoms with E-state index in [0.717, 1.165) is 18.2 Å². The second kappa shape index (κ2) is 5.96. The van der Waals surface area contributed by atoms with E-state index in [-0.39, 0.29) is 15.6 Å². The van der Waals surface area contributed by atoms with Gasteiger partial charge in [0.05, 0.1) is 9.85 Å². The molecule has 0 saturated carbocycles. The first-order chi connectivity index (χ1) is 9.31. The van der Waals surface area contributed by atoms with Crippen molar-refractivity contribution in [2.45, 2.75) is 11.8 Å². The molecule has 0 amide bonds. The Morgan fingerprint density at radius 1 is 0.850 bits per heavy atom. The van der Waals surface area contributed by atoms with Crippen LogP contribution in [-0.2, 0) is 0 Å². The lowest BCUT2D eigenvalue weighted by Gasteiger charge is -2.15. The molecule has 2 rings (SSSR count). The quantitative estimate of drug-likeness (QED) is 0.427. The molecule has 0 aliphatic rings. The average Bonchev–Trinajstić information content (AvgIpc) is 2.37. The highest BCUT2D eigenvalue weighted by Gasteiger charge is 2.21. The SMILES string of the molecule is Cc1cc(C(Br)c2cc(F)c(Cl)cc2F)c(Cl)cc1F. The lowest BCUT2D eigenvalue weighted by atomic mass is 10.0. The molecule has 0 aliphatic heterocycles. The first-order valence-corrected chi connectivity index (χ1v) is 7.22. The largest absolute Gasteiger partial charge is 0.207 e. The Morgan fingerprint density at radius 2 is 1.45 bits per heavy atom. The molecular formula is C14H8BrCl2F3. The minimum absolute atomic E-state index is 0.0415. The summed E-state index contributed by atoms with van der Waals surface area (Å²) in [5, 5.41) is -0.169. The Kier molecular flexibility index (Phi) is 4.67. The third-order valence-electron chi connectivity index (χ3n) is 2.86. The predicted octanol–water partition coefficient (Wildman–Crippen LogP) is 6.20. The first-order valence-electron chi connectivity index (χ1n) is 5.55. The fourth-order valence-electron chi connectivity index (χ4n) is 1.77. The van der Waals surface area contributed by atoms with Gasteiger partial charge in [0.2, 0.25) is 0 Å². The molecule has 0 spiro atoms. The van der Waals surface area contributed by atoms with Crippen molar-refractivity contribution in [1.29, 1.82) is 0 Å². The summed E-state index contributed by atoms with van der Waals surface area (Å²) in [6.07, 6.45) is 0. The van der Waals surface area contributed by atoms with Crippen LogP contribution in [-0.4, -0.2) is 0 Å². The van der Waals surface area contributed by atoms with E-state index in [1.807, 2.05) is 0 Å². The lowest BCUT2D eigenvalue weighted by Crippen LogP contribution is -2.00. The Bertz CT molecular complexity index is 616. The summed E-state index contributed by atoms with van der Waals surface area (Å²) in [6.45, 7) is 1.56. The molecule has 6 heteroatoms. The van der Waals surface area contributed by atoms with Gasteiger partial charge in [-0.25, -0.2) is 13.2 Å². The molecule has 0 N–H and O–H groups in total. The zero-order chi connectivity index (χ0) is 15.0. The minimum Gasteiger partial charge on any atom is -0.207 e. The van der Waals surface area contributed by atoms with Gasteiger partial charge in [0, 0.05) is 10.6 Å². The van der Waals surface area contributed by atoms with Crippen molar-refractivity contribution in [2.75, 3.05) is 0 Å². The molecule has 0 bridgehead atoms. The van der Waals surface area contributed by atoms with Gasteiger partial charge in [-0.2, -0.15) is 0 Å². The molecule has 20 heavy (non-hydrogen) atoms. The third-order valence-corrected chi connectivity index (χ3v) is 4.47. The van der Waals surface area contributed by atoms with Crippen molar-refractivity contribution >= 4 is 39.1 Å². The van der Waals surface area contributed by atoms with E-state index in [0.29, 0.717) is 11.1 Å². The Balaban J connectivity index is 2.54. The maximum atomic E-state index is 13.9. The smallest absolute Gasteiger partial charge is 0.142 e. The number of hydrogen-bond acceptors (Lipinski definition) is 0. The molecule has 0 aliphatic carbocycles. The minimum atomic E-state index is -0.734. The van der Waals surface area contributed by atoms with Crippen molar-refractivity contribution in [3.8, 4) is 0 Å². The molecule has 0 radical (unpaired) electrons. The molecule has 106 valence electrons. The lowest BCUT2D eigenvalue weighted by molar-refractivity contribution is 0.588. The Hall–Kier alpha value is -0.710. The van der Waals surface area contributed by atoms with E-state index in [9.17, 15) is 13.2 Å². The van der Waals surface area contributed by atoms with Gasteiger partial charge in [-0.3, -0.25) is 0 Å². The van der Waals surface area contributed by atoms with E-state index in [2.05, 4.69) is 15.9 Å². The highest BCUT2D eigenvalue weighted by molar-refractivity contribution is 9.09. The van der Waals surface area contributed by atoms with Crippen LogP contribution in [0, 0.1) is 24.4 Å². The summed E-state index contributed by atoms with van der Waals surface area (Å²) in [4.78, 5) is -0.707. The second-order valence-electron chi connectivity index (χ2n) is 4.27. The topological polar surface area (TPSA) is 0 Å². The average molecular weight is 384 g/mol. The van der Waals surface area contributed by atoms with Gasteiger partial charge in [-0.05, 0) is 36.2 Å². The van der Waals surface area contributed by atoms with Crippen LogP contribution in [0.3, 0.4) is 0 Å². The van der Waals surface area contributed by atoms with Gasteiger partial charge < -0.3 is 0 Å². The van der Waals surface area contributed by atoms with E-state index in [4.69, 9.17) is 23.2 Å². The zero-order valence-corrected chi connectivity index (χ0v) is 13.3. The molecule has 2 aromatic rings. The highest BCUT2D eigenvalue weighted by atomic mass is 79.9. The molecule has 1 unspecified atom stereocenters. The number of alkyl halides is 1. The van der Waals surface area contributed by atoms with Crippen LogP contribution in [0.5, 0.6) is 0 Å². The van der Waals surface area contributed by atoms with E-state index >= 15 is 0 Å². The summed E-state index contributed by atoms with van der Waals surface area (Å²) in [5.41, 5.74) is 0.856. The standard InChI is InChI=1S/C14H8BrCl2F3/c1-6-2-7(9(16)4-11(6)18)14(15)8-3-13(20)10(17)5-12(8)19/h2-5,14H,1H3. The maximum Gasteiger partial charge on any atom is 0.142 e. The normalized spacial score (nSPS) is 12.6. The van der Waals surface area contributed by atoms with Crippen molar-refractivity contribution in [3.63, 3.8) is 0 Å². The van der Waals surface area contributed by atoms with E-state index in [1.54, 1.807) is 6.92 Å². The van der Waals surface area contributed by atoms with Crippen molar-refractivity contribution in [3.05, 3.63) is 68.5 Å². The van der Waals surface area contributed by atoms with Crippen LogP contribution in [0.15, 0.2) is 24.3 Å². The van der Waals surface area contributed by atoms with Crippen molar-refractivity contribution < 1.29 is 13.2 Å². The summed E-state index contributed by atoms with van der Waals surface area (Å²) in [7, 11) is 0. The van der Waals surface area contributed by atoms with Gasteiger partial charge in [-0.1, -0.05) is 45.2 Å². The maximum absolute atomic E-state index is 13.9.